The van der Waals surface area contributed by atoms with E-state index in [4.69, 9.17) is 4.74 Å². The zero-order chi connectivity index (χ0) is 6.97. The molecule has 0 unspecified atom stereocenters. The smallest absolute Gasteiger partial charge is 0.242 e. The minimum absolute atomic E-state index is 0.0178. The van der Waals surface area contributed by atoms with Gasteiger partial charge in [-0.15, -0.1) is 0 Å². The van der Waals surface area contributed by atoms with Crippen LogP contribution in [0.25, 0.3) is 0 Å². The Labute approximate surface area is 58.2 Å². The fourth-order valence-electron chi connectivity index (χ4n) is 1.13. The third kappa shape index (κ3) is 0.769. The number of carbonyl (C=O) groups excluding carboxylic acids is 1. The summed E-state index contributed by atoms with van der Waals surface area (Å²) < 4.78 is 5.11. The van der Waals surface area contributed by atoms with Crippen molar-refractivity contribution in [1.82, 2.24) is 10.9 Å². The summed E-state index contributed by atoms with van der Waals surface area (Å²) in [5, 5.41) is 0. The molecule has 2 N–H and O–H groups in total. The first-order valence-electron chi connectivity index (χ1n) is 3.20. The molecule has 1 amide bonds. The van der Waals surface area contributed by atoms with Gasteiger partial charge in [0.05, 0.1) is 25.3 Å². The van der Waals surface area contributed by atoms with Crippen LogP contribution in [0.3, 0.4) is 0 Å². The first kappa shape index (κ1) is 5.73. The number of hydrazine groups is 1. The highest BCUT2D eigenvalue weighted by Gasteiger charge is 2.21. The molecule has 2 aliphatic rings. The largest absolute Gasteiger partial charge is 0.371 e. The van der Waals surface area contributed by atoms with Crippen molar-refractivity contribution in [3.8, 4) is 0 Å². The van der Waals surface area contributed by atoms with E-state index >= 15 is 0 Å². The van der Waals surface area contributed by atoms with E-state index < -0.39 is 0 Å². The molecule has 2 rings (SSSR count). The molecule has 4 nitrogen and oxygen atoms in total. The summed E-state index contributed by atoms with van der Waals surface area (Å²) in [6, 6.07) is 0. The van der Waals surface area contributed by atoms with Gasteiger partial charge in [-0.2, -0.15) is 0 Å². The van der Waals surface area contributed by atoms with Crippen LogP contribution in [-0.4, -0.2) is 19.1 Å². The number of amides is 1. The van der Waals surface area contributed by atoms with Gasteiger partial charge < -0.3 is 10.2 Å². The van der Waals surface area contributed by atoms with E-state index in [0.29, 0.717) is 19.6 Å². The predicted molar refractivity (Wildman–Crippen MR) is 33.7 cm³/mol. The molecule has 2 heterocycles. The van der Waals surface area contributed by atoms with Crippen LogP contribution in [0.15, 0.2) is 11.3 Å². The monoisotopic (exact) mass is 140 g/mol. The van der Waals surface area contributed by atoms with Gasteiger partial charge in [-0.05, 0) is 5.57 Å². The van der Waals surface area contributed by atoms with Gasteiger partial charge >= 0.3 is 0 Å². The summed E-state index contributed by atoms with van der Waals surface area (Å²) in [4.78, 5) is 10.7. The molecular weight excluding hydrogens is 132 g/mol. The maximum absolute atomic E-state index is 10.7. The van der Waals surface area contributed by atoms with Crippen molar-refractivity contribution in [3.63, 3.8) is 0 Å². The second-order valence-corrected chi connectivity index (χ2v) is 2.42. The molecule has 0 aromatic carbocycles. The molecule has 4 heteroatoms. The number of carbonyl (C=O) groups is 1. The SMILES string of the molecule is O=C1CC2=C(COC2)NN1. The van der Waals surface area contributed by atoms with E-state index in [1.54, 1.807) is 0 Å². The average Bonchev–Trinajstić information content (AvgIpc) is 2.33. The van der Waals surface area contributed by atoms with E-state index in [0.717, 1.165) is 11.3 Å². The molecule has 2 aliphatic heterocycles. The second-order valence-electron chi connectivity index (χ2n) is 2.42. The third-order valence-electron chi connectivity index (χ3n) is 1.68. The maximum Gasteiger partial charge on any atom is 0.242 e. The number of ether oxygens (including phenoxy) is 1. The van der Waals surface area contributed by atoms with E-state index in [2.05, 4.69) is 10.9 Å². The molecule has 0 aromatic heterocycles. The molecule has 0 saturated heterocycles. The highest BCUT2D eigenvalue weighted by atomic mass is 16.5. The van der Waals surface area contributed by atoms with Crippen molar-refractivity contribution in [2.24, 2.45) is 0 Å². The quantitative estimate of drug-likeness (QED) is 0.467. The highest BCUT2D eigenvalue weighted by molar-refractivity contribution is 5.79. The Morgan fingerprint density at radius 3 is 3.10 bits per heavy atom. The summed E-state index contributed by atoms with van der Waals surface area (Å²) in [6.07, 6.45) is 0.488. The third-order valence-corrected chi connectivity index (χ3v) is 1.68. The Kier molecular flexibility index (Phi) is 1.14. The average molecular weight is 140 g/mol. The first-order valence-corrected chi connectivity index (χ1v) is 3.20. The van der Waals surface area contributed by atoms with Gasteiger partial charge in [0, 0.05) is 0 Å². The highest BCUT2D eigenvalue weighted by Crippen LogP contribution is 2.16. The number of hydrogen-bond acceptors (Lipinski definition) is 3. The van der Waals surface area contributed by atoms with Crippen molar-refractivity contribution in [2.45, 2.75) is 6.42 Å². The maximum atomic E-state index is 10.7. The molecule has 54 valence electrons. The van der Waals surface area contributed by atoms with Crippen LogP contribution in [0.5, 0.6) is 0 Å². The minimum Gasteiger partial charge on any atom is -0.371 e. The zero-order valence-corrected chi connectivity index (χ0v) is 5.44. The fraction of sp³-hybridized carbons (Fsp3) is 0.500. The first-order chi connectivity index (χ1) is 4.86. The number of rotatable bonds is 0. The number of nitrogens with one attached hydrogen (secondary N) is 2. The van der Waals surface area contributed by atoms with Crippen LogP contribution in [0.4, 0.5) is 0 Å². The van der Waals surface area contributed by atoms with Crippen LogP contribution in [-0.2, 0) is 9.53 Å². The number of hydrogen-bond donors (Lipinski definition) is 2. The van der Waals surface area contributed by atoms with Gasteiger partial charge in [0.25, 0.3) is 0 Å². The van der Waals surface area contributed by atoms with Crippen LogP contribution in [0.2, 0.25) is 0 Å². The van der Waals surface area contributed by atoms with E-state index in [1.807, 2.05) is 0 Å². The molecule has 0 bridgehead atoms. The molecule has 10 heavy (non-hydrogen) atoms. The van der Waals surface area contributed by atoms with Gasteiger partial charge in [0.15, 0.2) is 0 Å². The lowest BCUT2D eigenvalue weighted by Gasteiger charge is -2.15. The standard InChI is InChI=1S/C6H8N2O2/c9-6-1-4-2-10-3-5(4)7-8-6/h7H,1-3H2,(H,8,9). The normalized spacial score (nSPS) is 23.8. The molecule has 0 fully saturated rings. The van der Waals surface area contributed by atoms with Crippen LogP contribution in [0, 0.1) is 0 Å². The van der Waals surface area contributed by atoms with Crippen LogP contribution < -0.4 is 10.9 Å². The molecule has 0 spiro atoms. The molecule has 0 radical (unpaired) electrons. The summed E-state index contributed by atoms with van der Waals surface area (Å²) >= 11 is 0. The van der Waals surface area contributed by atoms with Crippen LogP contribution >= 0.6 is 0 Å². The van der Waals surface area contributed by atoms with E-state index in [9.17, 15) is 4.79 Å². The summed E-state index contributed by atoms with van der Waals surface area (Å²) in [5.74, 6) is 0.0178. The molecular formula is C6H8N2O2. The Morgan fingerprint density at radius 1 is 1.30 bits per heavy atom. The van der Waals surface area contributed by atoms with Crippen molar-refractivity contribution in [3.05, 3.63) is 11.3 Å². The summed E-state index contributed by atoms with van der Waals surface area (Å²) in [7, 11) is 0. The van der Waals surface area contributed by atoms with Crippen molar-refractivity contribution >= 4 is 5.91 Å². The van der Waals surface area contributed by atoms with Gasteiger partial charge in [0.2, 0.25) is 5.91 Å². The second kappa shape index (κ2) is 1.98. The Bertz CT molecular complexity index is 210. The topological polar surface area (TPSA) is 50.4 Å². The molecule has 0 atom stereocenters. The van der Waals surface area contributed by atoms with E-state index in [-0.39, 0.29) is 5.91 Å². The lowest BCUT2D eigenvalue weighted by Crippen LogP contribution is -2.41. The predicted octanol–water partition coefficient (Wildman–Crippen LogP) is -0.705. The van der Waals surface area contributed by atoms with Crippen LogP contribution in [0.1, 0.15) is 6.42 Å². The van der Waals surface area contributed by atoms with Crippen molar-refractivity contribution in [1.29, 1.82) is 0 Å². The Morgan fingerprint density at radius 2 is 2.20 bits per heavy atom. The van der Waals surface area contributed by atoms with E-state index in [1.165, 1.54) is 0 Å². The zero-order valence-electron chi connectivity index (χ0n) is 5.44. The van der Waals surface area contributed by atoms with Gasteiger partial charge in [-0.1, -0.05) is 0 Å². The minimum atomic E-state index is 0.0178. The van der Waals surface area contributed by atoms with Gasteiger partial charge in [-0.25, -0.2) is 0 Å². The Hall–Kier alpha value is -1.03. The van der Waals surface area contributed by atoms with Gasteiger partial charge in [0.1, 0.15) is 0 Å². The molecule has 0 aromatic rings. The summed E-state index contributed by atoms with van der Waals surface area (Å²) in [6.45, 7) is 1.21. The lowest BCUT2D eigenvalue weighted by atomic mass is 10.1. The Balaban J connectivity index is 2.21. The fourth-order valence-corrected chi connectivity index (χ4v) is 1.13. The molecule has 0 saturated carbocycles. The van der Waals surface area contributed by atoms with Gasteiger partial charge in [-0.3, -0.25) is 10.2 Å². The van der Waals surface area contributed by atoms with Crippen molar-refractivity contribution in [2.75, 3.05) is 13.2 Å². The molecule has 0 aliphatic carbocycles. The lowest BCUT2D eigenvalue weighted by molar-refractivity contribution is -0.121. The summed E-state index contributed by atoms with van der Waals surface area (Å²) in [5.41, 5.74) is 7.43. The van der Waals surface area contributed by atoms with Crippen molar-refractivity contribution < 1.29 is 9.53 Å².